The van der Waals surface area contributed by atoms with Gasteiger partial charge in [-0.2, -0.15) is 0 Å². The Labute approximate surface area is 106 Å². The Bertz CT molecular complexity index is 414. The maximum absolute atomic E-state index is 10.9. The van der Waals surface area contributed by atoms with Crippen LogP contribution in [0.4, 0.5) is 5.69 Å². The van der Waals surface area contributed by atoms with Gasteiger partial charge in [0.25, 0.3) is 0 Å². The maximum atomic E-state index is 10.9. The molecular formula is C13H18N2O3. The summed E-state index contributed by atoms with van der Waals surface area (Å²) in [6.45, 7) is 0. The Balaban J connectivity index is 1.93. The van der Waals surface area contributed by atoms with Gasteiger partial charge in [0.1, 0.15) is 0 Å². The van der Waals surface area contributed by atoms with Crippen molar-refractivity contribution < 1.29 is 14.6 Å². The highest BCUT2D eigenvalue weighted by Gasteiger charge is 2.26. The first-order chi connectivity index (χ1) is 8.70. The van der Waals surface area contributed by atoms with Gasteiger partial charge in [0.15, 0.2) is 0 Å². The summed E-state index contributed by atoms with van der Waals surface area (Å²) in [6.07, 6.45) is 4.89. The van der Waals surface area contributed by atoms with Gasteiger partial charge in [-0.15, -0.1) is 0 Å². The van der Waals surface area contributed by atoms with E-state index in [4.69, 9.17) is 9.84 Å². The molecule has 5 heteroatoms. The highest BCUT2D eigenvalue weighted by atomic mass is 16.5. The smallest absolute Gasteiger partial charge is 0.306 e. The van der Waals surface area contributed by atoms with Gasteiger partial charge in [-0.25, -0.2) is 4.98 Å². The molecule has 0 radical (unpaired) electrons. The molecule has 0 aliphatic heterocycles. The van der Waals surface area contributed by atoms with Crippen LogP contribution in [0.3, 0.4) is 0 Å². The molecule has 1 fully saturated rings. The van der Waals surface area contributed by atoms with Gasteiger partial charge in [-0.05, 0) is 37.8 Å². The summed E-state index contributed by atoms with van der Waals surface area (Å²) in [5, 5.41) is 12.3. The number of anilines is 1. The van der Waals surface area contributed by atoms with Crippen molar-refractivity contribution in [1.82, 2.24) is 4.98 Å². The van der Waals surface area contributed by atoms with Crippen LogP contribution in [-0.2, 0) is 4.79 Å². The Hall–Kier alpha value is -1.78. The number of hydrogen-bond donors (Lipinski definition) is 2. The van der Waals surface area contributed by atoms with Gasteiger partial charge >= 0.3 is 5.97 Å². The molecule has 2 rings (SSSR count). The third-order valence-electron chi connectivity index (χ3n) is 3.40. The molecule has 0 saturated heterocycles. The van der Waals surface area contributed by atoms with Crippen molar-refractivity contribution in [1.29, 1.82) is 0 Å². The minimum atomic E-state index is -0.674. The van der Waals surface area contributed by atoms with Crippen LogP contribution in [-0.4, -0.2) is 29.2 Å². The molecule has 18 heavy (non-hydrogen) atoms. The van der Waals surface area contributed by atoms with Crippen molar-refractivity contribution in [3.8, 4) is 5.88 Å². The molecule has 0 amide bonds. The molecule has 1 aromatic heterocycles. The summed E-state index contributed by atoms with van der Waals surface area (Å²) >= 11 is 0. The minimum Gasteiger partial charge on any atom is -0.481 e. The zero-order chi connectivity index (χ0) is 13.0. The van der Waals surface area contributed by atoms with E-state index in [9.17, 15) is 4.79 Å². The fourth-order valence-corrected chi connectivity index (χ4v) is 2.37. The summed E-state index contributed by atoms with van der Waals surface area (Å²) in [5.41, 5.74) is 0.874. The Kier molecular flexibility index (Phi) is 4.02. The third kappa shape index (κ3) is 2.91. The normalized spacial score (nSPS) is 23.4. The molecule has 1 saturated carbocycles. The first-order valence-electron chi connectivity index (χ1n) is 6.19. The molecular weight excluding hydrogens is 232 g/mol. The molecule has 1 aliphatic carbocycles. The fourth-order valence-electron chi connectivity index (χ4n) is 2.37. The average molecular weight is 250 g/mol. The summed E-state index contributed by atoms with van der Waals surface area (Å²) in [7, 11) is 1.59. The third-order valence-corrected chi connectivity index (χ3v) is 3.40. The predicted molar refractivity (Wildman–Crippen MR) is 67.8 cm³/mol. The largest absolute Gasteiger partial charge is 0.481 e. The van der Waals surface area contributed by atoms with Gasteiger partial charge in [0.05, 0.1) is 18.7 Å². The number of carbonyl (C=O) groups is 1. The Morgan fingerprint density at radius 3 is 2.78 bits per heavy atom. The molecule has 0 bridgehead atoms. The number of aromatic nitrogens is 1. The minimum absolute atomic E-state index is 0.182. The van der Waals surface area contributed by atoms with Gasteiger partial charge in [-0.1, -0.05) is 0 Å². The Morgan fingerprint density at radius 1 is 1.44 bits per heavy atom. The molecule has 0 unspecified atom stereocenters. The maximum Gasteiger partial charge on any atom is 0.306 e. The molecule has 98 valence electrons. The van der Waals surface area contributed by atoms with Crippen molar-refractivity contribution in [3.05, 3.63) is 18.3 Å². The van der Waals surface area contributed by atoms with Crippen LogP contribution in [0, 0.1) is 5.92 Å². The van der Waals surface area contributed by atoms with E-state index in [-0.39, 0.29) is 5.92 Å². The molecule has 5 nitrogen and oxygen atoms in total. The standard InChI is InChI=1S/C13H18N2O3/c1-18-12-11(3-2-8-14-12)15-10-6-4-9(5-7-10)13(16)17/h2-3,8-10,15H,4-7H2,1H3,(H,16,17). The second-order valence-electron chi connectivity index (χ2n) is 4.59. The fraction of sp³-hybridized carbons (Fsp3) is 0.538. The van der Waals surface area contributed by atoms with Crippen LogP contribution < -0.4 is 10.1 Å². The number of rotatable bonds is 4. The van der Waals surface area contributed by atoms with Crippen LogP contribution in [0.2, 0.25) is 0 Å². The second kappa shape index (κ2) is 5.71. The van der Waals surface area contributed by atoms with Crippen molar-refractivity contribution in [2.45, 2.75) is 31.7 Å². The lowest BCUT2D eigenvalue weighted by atomic mass is 9.86. The van der Waals surface area contributed by atoms with Crippen LogP contribution >= 0.6 is 0 Å². The number of aliphatic carboxylic acids is 1. The van der Waals surface area contributed by atoms with Gasteiger partial charge in [0.2, 0.25) is 5.88 Å². The summed E-state index contributed by atoms with van der Waals surface area (Å²) in [5.74, 6) is -0.274. The zero-order valence-electron chi connectivity index (χ0n) is 10.4. The lowest BCUT2D eigenvalue weighted by Gasteiger charge is -2.27. The quantitative estimate of drug-likeness (QED) is 0.856. The SMILES string of the molecule is COc1ncccc1NC1CCC(C(=O)O)CC1. The van der Waals surface area contributed by atoms with Gasteiger partial charge in [-0.3, -0.25) is 4.79 Å². The number of nitrogens with one attached hydrogen (secondary N) is 1. The van der Waals surface area contributed by atoms with Crippen LogP contribution in [0.5, 0.6) is 5.88 Å². The molecule has 1 aliphatic rings. The van der Waals surface area contributed by atoms with Gasteiger partial charge in [0, 0.05) is 12.2 Å². The first-order valence-corrected chi connectivity index (χ1v) is 6.19. The van der Waals surface area contributed by atoms with Gasteiger partial charge < -0.3 is 15.2 Å². The van der Waals surface area contributed by atoms with Crippen LogP contribution in [0.25, 0.3) is 0 Å². The number of carboxylic acids is 1. The molecule has 1 heterocycles. The van der Waals surface area contributed by atoms with E-state index < -0.39 is 5.97 Å². The molecule has 0 spiro atoms. The van der Waals surface area contributed by atoms with E-state index >= 15 is 0 Å². The van der Waals surface area contributed by atoms with E-state index in [2.05, 4.69) is 10.3 Å². The summed E-state index contributed by atoms with van der Waals surface area (Å²) < 4.78 is 5.18. The van der Waals surface area contributed by atoms with E-state index in [1.807, 2.05) is 12.1 Å². The van der Waals surface area contributed by atoms with Crippen LogP contribution in [0.15, 0.2) is 18.3 Å². The number of nitrogens with zero attached hydrogens (tertiary/aromatic N) is 1. The molecule has 1 aromatic rings. The van der Waals surface area contributed by atoms with E-state index in [1.54, 1.807) is 13.3 Å². The molecule has 0 atom stereocenters. The monoisotopic (exact) mass is 250 g/mol. The summed E-state index contributed by atoms with van der Waals surface area (Å²) in [6, 6.07) is 4.08. The van der Waals surface area contributed by atoms with Crippen molar-refractivity contribution in [2.75, 3.05) is 12.4 Å². The van der Waals surface area contributed by atoms with E-state index in [0.29, 0.717) is 11.9 Å². The lowest BCUT2D eigenvalue weighted by molar-refractivity contribution is -0.142. The number of ether oxygens (including phenoxy) is 1. The van der Waals surface area contributed by atoms with E-state index in [1.165, 1.54) is 0 Å². The lowest BCUT2D eigenvalue weighted by Crippen LogP contribution is -2.29. The molecule has 2 N–H and O–H groups in total. The zero-order valence-corrected chi connectivity index (χ0v) is 10.4. The van der Waals surface area contributed by atoms with Crippen LogP contribution in [0.1, 0.15) is 25.7 Å². The molecule has 0 aromatic carbocycles. The van der Waals surface area contributed by atoms with Crippen molar-refractivity contribution >= 4 is 11.7 Å². The predicted octanol–water partition coefficient (Wildman–Crippen LogP) is 2.15. The highest BCUT2D eigenvalue weighted by Crippen LogP contribution is 2.29. The Morgan fingerprint density at radius 2 is 2.17 bits per heavy atom. The highest BCUT2D eigenvalue weighted by molar-refractivity contribution is 5.70. The second-order valence-corrected chi connectivity index (χ2v) is 4.59. The van der Waals surface area contributed by atoms with E-state index in [0.717, 1.165) is 31.4 Å². The van der Waals surface area contributed by atoms with Crippen molar-refractivity contribution in [3.63, 3.8) is 0 Å². The first kappa shape index (κ1) is 12.7. The van der Waals surface area contributed by atoms with Crippen molar-refractivity contribution in [2.24, 2.45) is 5.92 Å². The average Bonchev–Trinajstić information content (AvgIpc) is 2.40. The topological polar surface area (TPSA) is 71.5 Å². The summed E-state index contributed by atoms with van der Waals surface area (Å²) in [4.78, 5) is 15.0. The number of carboxylic acid groups (broad SMARTS) is 1. The number of hydrogen-bond acceptors (Lipinski definition) is 4. The number of pyridine rings is 1. The number of methoxy groups -OCH3 is 1.